The Morgan fingerprint density at radius 1 is 0.857 bits per heavy atom. The van der Waals surface area contributed by atoms with Crippen molar-refractivity contribution < 1.29 is 4.39 Å². The molecule has 0 spiro atoms. The molecule has 0 amide bonds. The molecule has 4 rings (SSSR count). The lowest BCUT2D eigenvalue weighted by molar-refractivity contribution is 0.606. The van der Waals surface area contributed by atoms with Gasteiger partial charge in [-0.25, -0.2) is 4.39 Å². The molecule has 0 aromatic heterocycles. The number of allylic oxidation sites excluding steroid dienone is 1. The minimum absolute atomic E-state index is 0.0467. The van der Waals surface area contributed by atoms with Gasteiger partial charge >= 0.3 is 0 Å². The number of halogens is 3. The molecule has 1 aliphatic heterocycles. The Balaban J connectivity index is 1.66. The number of hydrazone groups is 1. The van der Waals surface area contributed by atoms with E-state index >= 15 is 0 Å². The SMILES string of the molecule is Fc1ccccc1N1N=C(/C=C/c2ccc(Br)cc2)C[C@@H]1c1ccc(Br)cc1. The Bertz CT molecular complexity index is 1030. The van der Waals surface area contributed by atoms with Crippen molar-refractivity contribution in [1.82, 2.24) is 0 Å². The van der Waals surface area contributed by atoms with Gasteiger partial charge in [0.2, 0.25) is 0 Å². The molecule has 0 saturated carbocycles. The van der Waals surface area contributed by atoms with Crippen LogP contribution in [0.15, 0.2) is 92.9 Å². The van der Waals surface area contributed by atoms with Crippen molar-refractivity contribution in [2.45, 2.75) is 12.5 Å². The molecule has 5 heteroatoms. The average Bonchev–Trinajstić information content (AvgIpc) is 3.12. The minimum Gasteiger partial charge on any atom is -0.254 e. The highest BCUT2D eigenvalue weighted by Gasteiger charge is 2.29. The van der Waals surface area contributed by atoms with Gasteiger partial charge in [0.1, 0.15) is 5.82 Å². The summed E-state index contributed by atoms with van der Waals surface area (Å²) >= 11 is 6.93. The first-order chi connectivity index (χ1) is 13.6. The molecule has 1 heterocycles. The lowest BCUT2D eigenvalue weighted by Gasteiger charge is -2.24. The Morgan fingerprint density at radius 3 is 2.18 bits per heavy atom. The first kappa shape index (κ1) is 19.1. The number of anilines is 1. The summed E-state index contributed by atoms with van der Waals surface area (Å²) in [5.41, 5.74) is 3.60. The van der Waals surface area contributed by atoms with Crippen molar-refractivity contribution in [2.24, 2.45) is 5.10 Å². The van der Waals surface area contributed by atoms with Crippen LogP contribution >= 0.6 is 31.9 Å². The van der Waals surface area contributed by atoms with Crippen molar-refractivity contribution in [3.8, 4) is 0 Å². The number of hydrogen-bond donors (Lipinski definition) is 0. The maximum Gasteiger partial charge on any atom is 0.148 e. The van der Waals surface area contributed by atoms with E-state index in [2.05, 4.69) is 44.0 Å². The van der Waals surface area contributed by atoms with Crippen molar-refractivity contribution in [3.63, 3.8) is 0 Å². The summed E-state index contributed by atoms with van der Waals surface area (Å²) in [6.45, 7) is 0. The van der Waals surface area contributed by atoms with E-state index in [4.69, 9.17) is 5.10 Å². The zero-order chi connectivity index (χ0) is 19.5. The lowest BCUT2D eigenvalue weighted by Crippen LogP contribution is -2.19. The van der Waals surface area contributed by atoms with Crippen LogP contribution in [0.4, 0.5) is 10.1 Å². The van der Waals surface area contributed by atoms with Gasteiger partial charge in [0.15, 0.2) is 0 Å². The van der Waals surface area contributed by atoms with Gasteiger partial charge in [-0.05, 0) is 53.6 Å². The third-order valence-corrected chi connectivity index (χ3v) is 5.68. The molecule has 3 aromatic rings. The second-order valence-electron chi connectivity index (χ2n) is 6.54. The van der Waals surface area contributed by atoms with Gasteiger partial charge in [-0.1, -0.05) is 74.3 Å². The Labute approximate surface area is 180 Å². The van der Waals surface area contributed by atoms with Crippen molar-refractivity contribution in [1.29, 1.82) is 0 Å². The van der Waals surface area contributed by atoms with Crippen LogP contribution in [0.3, 0.4) is 0 Å². The fourth-order valence-electron chi connectivity index (χ4n) is 3.20. The van der Waals surface area contributed by atoms with Crippen molar-refractivity contribution in [3.05, 3.63) is 105 Å². The molecule has 3 aromatic carbocycles. The van der Waals surface area contributed by atoms with Gasteiger partial charge in [0.05, 0.1) is 17.4 Å². The predicted molar refractivity (Wildman–Crippen MR) is 121 cm³/mol. The third-order valence-electron chi connectivity index (χ3n) is 4.63. The summed E-state index contributed by atoms with van der Waals surface area (Å²) in [6, 6.07) is 22.9. The van der Waals surface area contributed by atoms with E-state index in [0.717, 1.165) is 25.8 Å². The number of hydrogen-bond acceptors (Lipinski definition) is 2. The fourth-order valence-corrected chi connectivity index (χ4v) is 3.73. The van der Waals surface area contributed by atoms with Gasteiger partial charge in [0, 0.05) is 15.4 Å². The molecule has 0 aliphatic carbocycles. The highest BCUT2D eigenvalue weighted by atomic mass is 79.9. The van der Waals surface area contributed by atoms with Crippen LogP contribution in [0.5, 0.6) is 0 Å². The molecule has 0 saturated heterocycles. The third kappa shape index (κ3) is 4.26. The average molecular weight is 500 g/mol. The lowest BCUT2D eigenvalue weighted by atomic mass is 10.0. The zero-order valence-electron chi connectivity index (χ0n) is 14.9. The molecule has 1 aliphatic rings. The molecule has 0 radical (unpaired) electrons. The number of benzene rings is 3. The summed E-state index contributed by atoms with van der Waals surface area (Å²) in [5.74, 6) is -0.272. The van der Waals surface area contributed by atoms with Crippen LogP contribution in [0.1, 0.15) is 23.6 Å². The zero-order valence-corrected chi connectivity index (χ0v) is 18.1. The highest BCUT2D eigenvalue weighted by Crippen LogP contribution is 2.37. The molecule has 28 heavy (non-hydrogen) atoms. The molecule has 1 atom stereocenters. The summed E-state index contributed by atoms with van der Waals surface area (Å²) in [6.07, 6.45) is 4.76. The van der Waals surface area contributed by atoms with Gasteiger partial charge in [-0.2, -0.15) is 5.10 Å². The number of nitrogens with zero attached hydrogens (tertiary/aromatic N) is 2. The van der Waals surface area contributed by atoms with E-state index in [-0.39, 0.29) is 11.9 Å². The van der Waals surface area contributed by atoms with E-state index in [1.165, 1.54) is 6.07 Å². The number of rotatable bonds is 4. The highest BCUT2D eigenvalue weighted by molar-refractivity contribution is 9.10. The number of para-hydroxylation sites is 1. The maximum atomic E-state index is 14.5. The first-order valence-electron chi connectivity index (χ1n) is 8.90. The van der Waals surface area contributed by atoms with Gasteiger partial charge in [-0.15, -0.1) is 0 Å². The van der Waals surface area contributed by atoms with Gasteiger partial charge in [0.25, 0.3) is 0 Å². The van der Waals surface area contributed by atoms with Crippen LogP contribution < -0.4 is 5.01 Å². The smallest absolute Gasteiger partial charge is 0.148 e. The Hall–Kier alpha value is -2.24. The van der Waals surface area contributed by atoms with Crippen LogP contribution in [0.2, 0.25) is 0 Å². The largest absolute Gasteiger partial charge is 0.254 e. The molecule has 140 valence electrons. The molecule has 0 N–H and O–H groups in total. The van der Waals surface area contributed by atoms with E-state index < -0.39 is 0 Å². The minimum atomic E-state index is -0.272. The van der Waals surface area contributed by atoms with E-state index in [1.807, 2.05) is 54.6 Å². The Morgan fingerprint density at radius 2 is 1.50 bits per heavy atom. The standard InChI is InChI=1S/C23H17Br2FN2/c24-18-10-5-16(6-11-18)7-14-20-15-23(17-8-12-19(25)13-9-17)28(27-20)22-4-2-1-3-21(22)26/h1-14,23H,15H2/b14-7+/t23-/m1/s1. The molecule has 0 bridgehead atoms. The summed E-state index contributed by atoms with van der Waals surface area (Å²) in [7, 11) is 0. The molecular formula is C23H17Br2FN2. The molecule has 2 nitrogen and oxygen atoms in total. The second kappa shape index (κ2) is 8.41. The van der Waals surface area contributed by atoms with Crippen LogP contribution in [-0.2, 0) is 0 Å². The van der Waals surface area contributed by atoms with Crippen LogP contribution in [-0.4, -0.2) is 5.71 Å². The second-order valence-corrected chi connectivity index (χ2v) is 8.38. The maximum absolute atomic E-state index is 14.5. The summed E-state index contributed by atoms with van der Waals surface area (Å²) in [4.78, 5) is 0. The van der Waals surface area contributed by atoms with E-state index in [1.54, 1.807) is 17.1 Å². The van der Waals surface area contributed by atoms with Crippen molar-refractivity contribution >= 4 is 49.3 Å². The molecule has 0 unspecified atom stereocenters. The van der Waals surface area contributed by atoms with E-state index in [0.29, 0.717) is 12.1 Å². The first-order valence-corrected chi connectivity index (χ1v) is 10.5. The van der Waals surface area contributed by atoms with Crippen molar-refractivity contribution in [2.75, 3.05) is 5.01 Å². The van der Waals surface area contributed by atoms with Gasteiger partial charge in [-0.3, -0.25) is 5.01 Å². The molecule has 0 fully saturated rings. The van der Waals surface area contributed by atoms with E-state index in [9.17, 15) is 4.39 Å². The van der Waals surface area contributed by atoms with Crippen LogP contribution in [0, 0.1) is 5.82 Å². The predicted octanol–water partition coefficient (Wildman–Crippen LogP) is 7.37. The monoisotopic (exact) mass is 498 g/mol. The quantitative estimate of drug-likeness (QED) is 0.365. The normalized spacial score (nSPS) is 16.6. The summed E-state index contributed by atoms with van der Waals surface area (Å²) < 4.78 is 16.5. The fraction of sp³-hybridized carbons (Fsp3) is 0.0870. The van der Waals surface area contributed by atoms with Crippen LogP contribution in [0.25, 0.3) is 6.08 Å². The molecular weight excluding hydrogens is 483 g/mol. The van der Waals surface area contributed by atoms with Gasteiger partial charge < -0.3 is 0 Å². The topological polar surface area (TPSA) is 15.6 Å². The summed E-state index contributed by atoms with van der Waals surface area (Å²) in [5, 5.41) is 6.53. The Kier molecular flexibility index (Phi) is 5.74.